The predicted octanol–water partition coefficient (Wildman–Crippen LogP) is 2.47. The Hall–Kier alpha value is -0.870. The number of unbranched alkanes of at least 4 members (excludes halogenated alkanes) is 2. The monoisotopic (exact) mass is 246 g/mol. The Morgan fingerprint density at radius 1 is 1.44 bits per heavy atom. The summed E-state index contributed by atoms with van der Waals surface area (Å²) in [5, 5.41) is 8.92. The smallest absolute Gasteiger partial charge is 0.167 e. The minimum Gasteiger partial charge on any atom is -0.396 e. The first-order valence-electron chi connectivity index (χ1n) is 5.28. The van der Waals surface area contributed by atoms with E-state index in [2.05, 4.69) is 4.98 Å². The molecule has 1 heterocycles. The molecule has 1 N–H and O–H groups in total. The van der Waals surface area contributed by atoms with Crippen LogP contribution in [0.1, 0.15) is 19.3 Å². The lowest BCUT2D eigenvalue weighted by Crippen LogP contribution is -2.21. The standard InChI is InChI=1S/C11H16ClFN2O/c1-15(5-3-2-4-6-16)11-10(13)7-9(12)8-14-11/h7-8,16H,2-6H2,1H3. The summed E-state index contributed by atoms with van der Waals surface area (Å²) >= 11 is 5.62. The van der Waals surface area contributed by atoms with Gasteiger partial charge in [0.05, 0.1) is 5.02 Å². The highest BCUT2D eigenvalue weighted by Crippen LogP contribution is 2.18. The zero-order chi connectivity index (χ0) is 12.0. The van der Waals surface area contributed by atoms with Gasteiger partial charge in [0, 0.05) is 26.4 Å². The van der Waals surface area contributed by atoms with Crippen LogP contribution in [0.25, 0.3) is 0 Å². The van der Waals surface area contributed by atoms with Crippen molar-refractivity contribution < 1.29 is 9.50 Å². The first-order chi connectivity index (χ1) is 7.65. The number of anilines is 1. The van der Waals surface area contributed by atoms with E-state index in [-0.39, 0.29) is 6.61 Å². The van der Waals surface area contributed by atoms with Crippen LogP contribution in [0.3, 0.4) is 0 Å². The molecule has 0 aliphatic rings. The number of pyridine rings is 1. The van der Waals surface area contributed by atoms with Gasteiger partial charge in [-0.2, -0.15) is 0 Å². The lowest BCUT2D eigenvalue weighted by molar-refractivity contribution is 0.283. The van der Waals surface area contributed by atoms with Crippen LogP contribution in [-0.2, 0) is 0 Å². The van der Waals surface area contributed by atoms with Crippen molar-refractivity contribution in [2.75, 3.05) is 25.1 Å². The molecule has 5 heteroatoms. The summed E-state index contributed by atoms with van der Waals surface area (Å²) in [5.41, 5.74) is 0. The van der Waals surface area contributed by atoms with Gasteiger partial charge in [-0.1, -0.05) is 11.6 Å². The zero-order valence-corrected chi connectivity index (χ0v) is 10.0. The highest BCUT2D eigenvalue weighted by atomic mass is 35.5. The molecule has 0 aliphatic carbocycles. The average Bonchev–Trinajstić information content (AvgIpc) is 2.24. The first-order valence-corrected chi connectivity index (χ1v) is 5.66. The molecule has 0 spiro atoms. The molecule has 0 atom stereocenters. The van der Waals surface area contributed by atoms with Crippen LogP contribution in [0.4, 0.5) is 10.2 Å². The highest BCUT2D eigenvalue weighted by molar-refractivity contribution is 6.30. The van der Waals surface area contributed by atoms with Gasteiger partial charge < -0.3 is 10.0 Å². The minimum absolute atomic E-state index is 0.206. The number of aromatic nitrogens is 1. The van der Waals surface area contributed by atoms with E-state index in [4.69, 9.17) is 16.7 Å². The van der Waals surface area contributed by atoms with Gasteiger partial charge >= 0.3 is 0 Å². The van der Waals surface area contributed by atoms with Gasteiger partial charge in [-0.15, -0.1) is 0 Å². The molecule has 0 amide bonds. The molecule has 16 heavy (non-hydrogen) atoms. The predicted molar refractivity (Wildman–Crippen MR) is 63.4 cm³/mol. The van der Waals surface area contributed by atoms with Gasteiger partial charge in [-0.05, 0) is 25.3 Å². The van der Waals surface area contributed by atoms with Gasteiger partial charge in [0.1, 0.15) is 0 Å². The lowest BCUT2D eigenvalue weighted by atomic mass is 10.2. The summed E-state index contributed by atoms with van der Waals surface area (Å²) in [4.78, 5) is 5.70. The van der Waals surface area contributed by atoms with E-state index < -0.39 is 5.82 Å². The van der Waals surface area contributed by atoms with Crippen LogP contribution < -0.4 is 4.90 Å². The van der Waals surface area contributed by atoms with Gasteiger partial charge in [-0.3, -0.25) is 0 Å². The van der Waals surface area contributed by atoms with E-state index in [0.717, 1.165) is 19.3 Å². The van der Waals surface area contributed by atoms with Crippen molar-refractivity contribution in [2.24, 2.45) is 0 Å². The number of halogens is 2. The zero-order valence-electron chi connectivity index (χ0n) is 9.29. The second kappa shape index (κ2) is 6.66. The molecule has 3 nitrogen and oxygen atoms in total. The third-order valence-corrected chi connectivity index (χ3v) is 2.51. The first kappa shape index (κ1) is 13.2. The Labute approximate surface area is 99.9 Å². The van der Waals surface area contributed by atoms with Gasteiger partial charge in [0.25, 0.3) is 0 Å². The number of aliphatic hydroxyl groups is 1. The van der Waals surface area contributed by atoms with Crippen molar-refractivity contribution in [1.29, 1.82) is 0 Å². The Morgan fingerprint density at radius 2 is 2.19 bits per heavy atom. The van der Waals surface area contributed by atoms with E-state index >= 15 is 0 Å². The summed E-state index contributed by atoms with van der Waals surface area (Å²) in [6, 6.07) is 1.26. The molecule has 0 bridgehead atoms. The van der Waals surface area contributed by atoms with Crippen molar-refractivity contribution in [3.8, 4) is 0 Å². The average molecular weight is 247 g/mol. The van der Waals surface area contributed by atoms with Crippen molar-refractivity contribution in [3.05, 3.63) is 23.1 Å². The SMILES string of the molecule is CN(CCCCCO)c1ncc(Cl)cc1F. The number of aliphatic hydroxyl groups excluding tert-OH is 1. The molecule has 0 unspecified atom stereocenters. The molecular formula is C11H16ClFN2O. The number of hydrogen-bond acceptors (Lipinski definition) is 3. The number of rotatable bonds is 6. The largest absolute Gasteiger partial charge is 0.396 e. The highest BCUT2D eigenvalue weighted by Gasteiger charge is 2.09. The van der Waals surface area contributed by atoms with Crippen LogP contribution in [0.15, 0.2) is 12.3 Å². The maximum Gasteiger partial charge on any atom is 0.167 e. The van der Waals surface area contributed by atoms with E-state index in [0.29, 0.717) is 17.4 Å². The quantitative estimate of drug-likeness (QED) is 0.784. The van der Waals surface area contributed by atoms with Crippen molar-refractivity contribution >= 4 is 17.4 Å². The molecule has 1 aromatic rings. The molecule has 0 aliphatic heterocycles. The fourth-order valence-corrected chi connectivity index (χ4v) is 1.58. The molecule has 0 saturated heterocycles. The van der Waals surface area contributed by atoms with E-state index in [9.17, 15) is 4.39 Å². The van der Waals surface area contributed by atoms with E-state index in [1.165, 1.54) is 12.3 Å². The molecule has 0 saturated carbocycles. The van der Waals surface area contributed by atoms with E-state index in [1.807, 2.05) is 0 Å². The fraction of sp³-hybridized carbons (Fsp3) is 0.545. The maximum absolute atomic E-state index is 13.4. The van der Waals surface area contributed by atoms with Crippen LogP contribution in [0.2, 0.25) is 5.02 Å². The molecule has 1 aromatic heterocycles. The molecule has 90 valence electrons. The topological polar surface area (TPSA) is 36.4 Å². The normalized spacial score (nSPS) is 10.5. The molecule has 0 radical (unpaired) electrons. The van der Waals surface area contributed by atoms with Gasteiger partial charge in [-0.25, -0.2) is 9.37 Å². The van der Waals surface area contributed by atoms with Gasteiger partial charge in [0.15, 0.2) is 11.6 Å². The minimum atomic E-state index is -0.405. The van der Waals surface area contributed by atoms with Gasteiger partial charge in [0.2, 0.25) is 0 Å². The second-order valence-corrected chi connectivity index (χ2v) is 4.10. The van der Waals surface area contributed by atoms with Crippen LogP contribution >= 0.6 is 11.6 Å². The third kappa shape index (κ3) is 3.94. The number of nitrogens with zero attached hydrogens (tertiary/aromatic N) is 2. The third-order valence-electron chi connectivity index (χ3n) is 2.30. The van der Waals surface area contributed by atoms with E-state index in [1.54, 1.807) is 11.9 Å². The lowest BCUT2D eigenvalue weighted by Gasteiger charge is -2.18. The summed E-state index contributed by atoms with van der Waals surface area (Å²) in [6.45, 7) is 0.919. The van der Waals surface area contributed by atoms with Crippen molar-refractivity contribution in [1.82, 2.24) is 4.98 Å². The fourth-order valence-electron chi connectivity index (χ4n) is 1.43. The Morgan fingerprint density at radius 3 is 2.81 bits per heavy atom. The molecular weight excluding hydrogens is 231 g/mol. The summed E-state index contributed by atoms with van der Waals surface area (Å²) in [5.74, 6) is -0.0921. The second-order valence-electron chi connectivity index (χ2n) is 3.66. The summed E-state index contributed by atoms with van der Waals surface area (Å²) in [7, 11) is 1.79. The van der Waals surface area contributed by atoms with Crippen LogP contribution in [0.5, 0.6) is 0 Å². The molecule has 0 fully saturated rings. The Bertz CT molecular complexity index is 336. The summed E-state index contributed by atoms with van der Waals surface area (Å²) < 4.78 is 13.4. The Kier molecular flexibility index (Phi) is 5.49. The maximum atomic E-state index is 13.4. The Balaban J connectivity index is 2.49. The molecule has 0 aromatic carbocycles. The number of hydrogen-bond donors (Lipinski definition) is 1. The van der Waals surface area contributed by atoms with Crippen molar-refractivity contribution in [3.63, 3.8) is 0 Å². The van der Waals surface area contributed by atoms with Crippen LogP contribution in [-0.4, -0.2) is 30.3 Å². The molecule has 1 rings (SSSR count). The van der Waals surface area contributed by atoms with Crippen molar-refractivity contribution in [2.45, 2.75) is 19.3 Å². The summed E-state index contributed by atoms with van der Waals surface area (Å²) in [6.07, 6.45) is 4.05. The van der Waals surface area contributed by atoms with Crippen LogP contribution in [0, 0.1) is 5.82 Å².